The molecule has 3 aromatic rings. The van der Waals surface area contributed by atoms with Crippen molar-refractivity contribution in [2.75, 3.05) is 20.3 Å². The molecule has 0 spiro atoms. The minimum atomic E-state index is -1.20. The van der Waals surface area contributed by atoms with Gasteiger partial charge in [-0.2, -0.15) is 5.10 Å². The fourth-order valence-electron chi connectivity index (χ4n) is 4.38. The number of hydrogen-bond acceptors (Lipinski definition) is 9. The molecule has 2 amide bonds. The maximum Gasteiger partial charge on any atom is 0.337 e. The fraction of sp³-hybridized carbons (Fsp3) is 0.258. The van der Waals surface area contributed by atoms with Crippen molar-refractivity contribution < 1.29 is 33.6 Å². The van der Waals surface area contributed by atoms with Gasteiger partial charge in [0.25, 0.3) is 0 Å². The number of carbonyl (C=O) groups is 2. The van der Waals surface area contributed by atoms with Gasteiger partial charge in [-0.05, 0) is 77.3 Å². The number of aliphatic hydroxyl groups excluding tert-OH is 1. The van der Waals surface area contributed by atoms with E-state index in [4.69, 9.17) is 42.1 Å². The van der Waals surface area contributed by atoms with E-state index in [-0.39, 0.29) is 18.8 Å². The smallest absolute Gasteiger partial charge is 0.337 e. The molecule has 0 bridgehead atoms. The van der Waals surface area contributed by atoms with Crippen LogP contribution in [0.4, 0.5) is 4.79 Å². The first-order valence-corrected chi connectivity index (χ1v) is 15.2. The average Bonchev–Trinajstić information content (AvgIpc) is 3.00. The van der Waals surface area contributed by atoms with Crippen LogP contribution in [-0.4, -0.2) is 49.9 Å². The Bertz CT molecular complexity index is 1600. The van der Waals surface area contributed by atoms with E-state index in [9.17, 15) is 14.7 Å². The number of carbonyl (C=O) groups excluding carboxylic acids is 2. The number of rotatable bonds is 13. The van der Waals surface area contributed by atoms with Crippen LogP contribution in [0.25, 0.3) is 0 Å². The molecule has 0 saturated heterocycles. The summed E-state index contributed by atoms with van der Waals surface area (Å²) in [6, 6.07) is 14.4. The molecule has 4 rings (SSSR count). The first-order chi connectivity index (χ1) is 21.6. The van der Waals surface area contributed by atoms with Gasteiger partial charge in [0.15, 0.2) is 17.7 Å². The van der Waals surface area contributed by atoms with Crippen LogP contribution in [0.3, 0.4) is 0 Å². The quantitative estimate of drug-likeness (QED) is 0.0746. The lowest BCUT2D eigenvalue weighted by molar-refractivity contribution is -0.136. The molecule has 11 nitrogen and oxygen atoms in total. The van der Waals surface area contributed by atoms with Crippen LogP contribution in [-0.2, 0) is 16.1 Å². The number of hydrogen-bond donors (Lipinski definition) is 4. The molecule has 14 heteroatoms. The minimum Gasteiger partial charge on any atom is -0.490 e. The summed E-state index contributed by atoms with van der Waals surface area (Å²) in [5, 5.41) is 21.1. The normalized spacial score (nSPS) is 15.3. The Morgan fingerprint density at radius 2 is 1.84 bits per heavy atom. The number of methoxy groups -OCH3 is 1. The highest BCUT2D eigenvalue weighted by Crippen LogP contribution is 2.35. The standard InChI is InChI=1S/C31H31BrCl2N4O7/c1-4-43-25-12-19(28-27(30(40)42-3)17(2)36-31(41)37-28)7-10-24(25)44-16-26(39)38-35-14-20-11-22(34)13-23(32)29(20)45-15-18-5-8-21(33)9-6-18/h5-14,26,28,38-39H,4,15-16H2,1-3H3,(H2,36,37,41)/b35-14+/t26-,28-/m0/s1. The molecule has 0 aromatic heterocycles. The number of nitrogens with zero attached hydrogens (tertiary/aromatic N) is 1. The number of urea groups is 1. The summed E-state index contributed by atoms with van der Waals surface area (Å²) in [5.41, 5.74) is 5.32. The van der Waals surface area contributed by atoms with E-state index < -0.39 is 24.3 Å². The number of aliphatic hydroxyl groups is 1. The zero-order valence-electron chi connectivity index (χ0n) is 24.5. The number of halogens is 3. The summed E-state index contributed by atoms with van der Waals surface area (Å²) in [7, 11) is 1.27. The lowest BCUT2D eigenvalue weighted by Gasteiger charge is -2.28. The largest absolute Gasteiger partial charge is 0.490 e. The van der Waals surface area contributed by atoms with Crippen LogP contribution in [0.15, 0.2) is 75.4 Å². The van der Waals surface area contributed by atoms with Gasteiger partial charge in [-0.25, -0.2) is 9.59 Å². The fourth-order valence-corrected chi connectivity index (χ4v) is 5.45. The number of esters is 1. The minimum absolute atomic E-state index is 0.188. The third-order valence-corrected chi connectivity index (χ3v) is 7.49. The van der Waals surface area contributed by atoms with Gasteiger partial charge >= 0.3 is 12.0 Å². The van der Waals surface area contributed by atoms with Crippen LogP contribution in [0.2, 0.25) is 10.0 Å². The summed E-state index contributed by atoms with van der Waals surface area (Å²) in [5.74, 6) is 0.620. The van der Waals surface area contributed by atoms with Gasteiger partial charge in [-0.3, -0.25) is 5.43 Å². The van der Waals surface area contributed by atoms with Gasteiger partial charge in [0.1, 0.15) is 19.0 Å². The van der Waals surface area contributed by atoms with Crippen LogP contribution < -0.4 is 30.3 Å². The SMILES string of the molecule is CCOc1cc([C@@H]2NC(=O)NC(C)=C2C(=O)OC)ccc1OC[C@H](O)N/N=C/c1cc(Cl)cc(Br)c1OCc1ccc(Cl)cc1. The molecule has 3 aromatic carbocycles. The molecule has 0 radical (unpaired) electrons. The van der Waals surface area contributed by atoms with E-state index in [1.165, 1.54) is 13.3 Å². The molecule has 0 saturated carbocycles. The molecule has 0 fully saturated rings. The van der Waals surface area contributed by atoms with Crippen molar-refractivity contribution >= 4 is 57.3 Å². The van der Waals surface area contributed by atoms with E-state index in [0.717, 1.165) is 5.56 Å². The molecular formula is C31H31BrCl2N4O7. The summed E-state index contributed by atoms with van der Waals surface area (Å²) in [6.45, 7) is 3.84. The summed E-state index contributed by atoms with van der Waals surface area (Å²) >= 11 is 15.7. The second-order valence-corrected chi connectivity index (χ2v) is 11.4. The molecule has 2 atom stereocenters. The summed E-state index contributed by atoms with van der Waals surface area (Å²) in [4.78, 5) is 24.6. The molecule has 238 valence electrons. The molecule has 0 unspecified atom stereocenters. The monoisotopic (exact) mass is 720 g/mol. The average molecular weight is 722 g/mol. The van der Waals surface area contributed by atoms with Crippen molar-refractivity contribution in [1.82, 2.24) is 16.1 Å². The maximum absolute atomic E-state index is 12.5. The number of ether oxygens (including phenoxy) is 4. The van der Waals surface area contributed by atoms with Crippen molar-refractivity contribution in [2.45, 2.75) is 32.7 Å². The van der Waals surface area contributed by atoms with Gasteiger partial charge in [0.05, 0.1) is 36.0 Å². The van der Waals surface area contributed by atoms with E-state index in [2.05, 4.69) is 37.1 Å². The molecule has 4 N–H and O–H groups in total. The first-order valence-electron chi connectivity index (χ1n) is 13.7. The zero-order chi connectivity index (χ0) is 32.5. The Hall–Kier alpha value is -3.97. The molecule has 1 heterocycles. The first kappa shape index (κ1) is 33.9. The molecule has 45 heavy (non-hydrogen) atoms. The maximum atomic E-state index is 12.5. The number of amides is 2. The number of benzene rings is 3. The Labute approximate surface area is 278 Å². The predicted molar refractivity (Wildman–Crippen MR) is 174 cm³/mol. The van der Waals surface area contributed by atoms with E-state index in [1.54, 1.807) is 56.3 Å². The van der Waals surface area contributed by atoms with Gasteiger partial charge in [-0.15, -0.1) is 0 Å². The Kier molecular flexibility index (Phi) is 11.9. The van der Waals surface area contributed by atoms with Crippen molar-refractivity contribution in [3.63, 3.8) is 0 Å². The Balaban J connectivity index is 1.42. The van der Waals surface area contributed by atoms with Crippen LogP contribution in [0.1, 0.15) is 36.6 Å². The van der Waals surface area contributed by atoms with Gasteiger partial charge < -0.3 is 34.7 Å². The third kappa shape index (κ3) is 9.04. The molecule has 1 aliphatic rings. The molecule has 1 aliphatic heterocycles. The highest BCUT2D eigenvalue weighted by molar-refractivity contribution is 9.10. The zero-order valence-corrected chi connectivity index (χ0v) is 27.6. The van der Waals surface area contributed by atoms with Crippen molar-refractivity contribution in [3.8, 4) is 17.2 Å². The second kappa shape index (κ2) is 15.8. The summed E-state index contributed by atoms with van der Waals surface area (Å²) < 4.78 is 23.1. The lowest BCUT2D eigenvalue weighted by atomic mass is 9.95. The van der Waals surface area contributed by atoms with Crippen molar-refractivity contribution in [1.29, 1.82) is 0 Å². The Morgan fingerprint density at radius 3 is 2.56 bits per heavy atom. The number of hydrazone groups is 1. The topological polar surface area (TPSA) is 140 Å². The van der Waals surface area contributed by atoms with Gasteiger partial charge in [0.2, 0.25) is 0 Å². The number of nitrogens with one attached hydrogen (secondary N) is 3. The summed E-state index contributed by atoms with van der Waals surface area (Å²) in [6.07, 6.45) is 0.274. The van der Waals surface area contributed by atoms with Crippen LogP contribution in [0.5, 0.6) is 17.2 Å². The lowest BCUT2D eigenvalue weighted by Crippen LogP contribution is -2.45. The van der Waals surface area contributed by atoms with E-state index >= 15 is 0 Å². The number of allylic oxidation sites excluding steroid dienone is 1. The highest BCUT2D eigenvalue weighted by Gasteiger charge is 2.32. The third-order valence-electron chi connectivity index (χ3n) is 6.43. The van der Waals surface area contributed by atoms with E-state index in [1.807, 2.05) is 12.1 Å². The Morgan fingerprint density at radius 1 is 1.09 bits per heavy atom. The molecular weight excluding hydrogens is 691 g/mol. The predicted octanol–water partition coefficient (Wildman–Crippen LogP) is 5.86. The van der Waals surface area contributed by atoms with Gasteiger partial charge in [0, 0.05) is 21.3 Å². The van der Waals surface area contributed by atoms with Crippen molar-refractivity contribution in [3.05, 3.63) is 97.1 Å². The van der Waals surface area contributed by atoms with Crippen molar-refractivity contribution in [2.24, 2.45) is 5.10 Å². The van der Waals surface area contributed by atoms with Crippen LogP contribution in [0, 0.1) is 0 Å². The highest BCUT2D eigenvalue weighted by atomic mass is 79.9. The van der Waals surface area contributed by atoms with Gasteiger partial charge in [-0.1, -0.05) is 41.4 Å². The van der Waals surface area contributed by atoms with E-state index in [0.29, 0.717) is 55.2 Å². The van der Waals surface area contributed by atoms with Crippen LogP contribution >= 0.6 is 39.1 Å². The molecule has 0 aliphatic carbocycles. The second-order valence-electron chi connectivity index (χ2n) is 9.64.